The second kappa shape index (κ2) is 5.77. The van der Waals surface area contributed by atoms with E-state index in [1.54, 1.807) is 36.4 Å². The average Bonchev–Trinajstić information content (AvgIpc) is 2.38. The van der Waals surface area contributed by atoms with Crippen LogP contribution in [0.2, 0.25) is 10.0 Å². The molecule has 18 heavy (non-hydrogen) atoms. The molecule has 2 rings (SSSR count). The fourth-order valence-electron chi connectivity index (χ4n) is 1.43. The zero-order chi connectivity index (χ0) is 13.0. The second-order valence-corrected chi connectivity index (χ2v) is 4.50. The van der Waals surface area contributed by atoms with Crippen LogP contribution in [0.5, 0.6) is 5.75 Å². The number of nitriles is 1. The highest BCUT2D eigenvalue weighted by Crippen LogP contribution is 2.22. The average molecular weight is 278 g/mol. The van der Waals surface area contributed by atoms with Gasteiger partial charge in [-0.2, -0.15) is 5.26 Å². The lowest BCUT2D eigenvalue weighted by atomic mass is 10.2. The first-order chi connectivity index (χ1) is 8.69. The summed E-state index contributed by atoms with van der Waals surface area (Å²) in [6, 6.07) is 14.2. The van der Waals surface area contributed by atoms with Crippen molar-refractivity contribution in [1.82, 2.24) is 0 Å². The van der Waals surface area contributed by atoms with E-state index in [0.29, 0.717) is 28.0 Å². The van der Waals surface area contributed by atoms with Gasteiger partial charge in [0.1, 0.15) is 12.4 Å². The summed E-state index contributed by atoms with van der Waals surface area (Å²) < 4.78 is 5.58. The van der Waals surface area contributed by atoms with Gasteiger partial charge in [0.2, 0.25) is 0 Å². The molecule has 2 aromatic rings. The molecule has 90 valence electrons. The normalized spacial score (nSPS) is 9.83. The Balaban J connectivity index is 2.04. The first kappa shape index (κ1) is 12.8. The molecule has 0 saturated carbocycles. The van der Waals surface area contributed by atoms with E-state index in [0.717, 1.165) is 5.56 Å². The zero-order valence-corrected chi connectivity index (χ0v) is 10.9. The van der Waals surface area contributed by atoms with Crippen LogP contribution >= 0.6 is 23.2 Å². The Morgan fingerprint density at radius 1 is 1.06 bits per heavy atom. The van der Waals surface area contributed by atoms with Crippen LogP contribution in [-0.4, -0.2) is 0 Å². The summed E-state index contributed by atoms with van der Waals surface area (Å²) >= 11 is 11.8. The van der Waals surface area contributed by atoms with Crippen molar-refractivity contribution in [3.8, 4) is 11.8 Å². The Labute approximate surface area is 115 Å². The molecule has 0 amide bonds. The minimum atomic E-state index is 0.363. The summed E-state index contributed by atoms with van der Waals surface area (Å²) in [6.45, 7) is 0.363. The Kier molecular flexibility index (Phi) is 4.09. The smallest absolute Gasteiger partial charge is 0.119 e. The van der Waals surface area contributed by atoms with Gasteiger partial charge < -0.3 is 4.74 Å². The van der Waals surface area contributed by atoms with Crippen LogP contribution in [0.3, 0.4) is 0 Å². The first-order valence-electron chi connectivity index (χ1n) is 5.26. The molecule has 0 N–H and O–H groups in total. The van der Waals surface area contributed by atoms with E-state index in [2.05, 4.69) is 6.07 Å². The fraction of sp³-hybridized carbons (Fsp3) is 0.0714. The van der Waals surface area contributed by atoms with Crippen LogP contribution in [0.1, 0.15) is 11.1 Å². The summed E-state index contributed by atoms with van der Waals surface area (Å²) in [7, 11) is 0. The van der Waals surface area contributed by atoms with Crippen molar-refractivity contribution in [2.24, 2.45) is 0 Å². The third-order valence-corrected chi connectivity index (χ3v) is 2.98. The molecule has 0 aliphatic rings. The monoisotopic (exact) mass is 277 g/mol. The molecule has 2 nitrogen and oxygen atoms in total. The molecule has 0 unspecified atom stereocenters. The number of halogens is 2. The third-order valence-electron chi connectivity index (χ3n) is 2.39. The summed E-state index contributed by atoms with van der Waals surface area (Å²) in [5.74, 6) is 0.694. The highest BCUT2D eigenvalue weighted by atomic mass is 35.5. The van der Waals surface area contributed by atoms with E-state index < -0.39 is 0 Å². The van der Waals surface area contributed by atoms with Crippen molar-refractivity contribution >= 4 is 23.2 Å². The van der Waals surface area contributed by atoms with Crippen molar-refractivity contribution < 1.29 is 4.74 Å². The molecule has 0 atom stereocenters. The van der Waals surface area contributed by atoms with Gasteiger partial charge in [-0.1, -0.05) is 29.3 Å². The molecular weight excluding hydrogens is 269 g/mol. The number of hydrogen-bond acceptors (Lipinski definition) is 2. The summed E-state index contributed by atoms with van der Waals surface area (Å²) in [4.78, 5) is 0. The fourth-order valence-corrected chi connectivity index (χ4v) is 1.89. The van der Waals surface area contributed by atoms with Crippen LogP contribution in [0.15, 0.2) is 42.5 Å². The molecule has 0 aromatic heterocycles. The van der Waals surface area contributed by atoms with Gasteiger partial charge in [-0.05, 0) is 36.4 Å². The number of rotatable bonds is 3. The molecule has 0 spiro atoms. The van der Waals surface area contributed by atoms with Gasteiger partial charge in [0.05, 0.1) is 11.6 Å². The SMILES string of the molecule is N#Cc1ccc(OCc2ccc(Cl)cc2Cl)cc1. The number of hydrogen-bond donors (Lipinski definition) is 0. The van der Waals surface area contributed by atoms with Gasteiger partial charge in [-0.3, -0.25) is 0 Å². The molecule has 0 fully saturated rings. The van der Waals surface area contributed by atoms with Crippen molar-refractivity contribution in [3.63, 3.8) is 0 Å². The minimum absolute atomic E-state index is 0.363. The van der Waals surface area contributed by atoms with Crippen LogP contribution in [0.4, 0.5) is 0 Å². The molecule has 0 heterocycles. The van der Waals surface area contributed by atoms with Crippen molar-refractivity contribution in [3.05, 3.63) is 63.6 Å². The van der Waals surface area contributed by atoms with Crippen molar-refractivity contribution in [2.75, 3.05) is 0 Å². The van der Waals surface area contributed by atoms with E-state index >= 15 is 0 Å². The summed E-state index contributed by atoms with van der Waals surface area (Å²) in [6.07, 6.45) is 0. The van der Waals surface area contributed by atoms with Gasteiger partial charge in [0.15, 0.2) is 0 Å². The lowest BCUT2D eigenvalue weighted by Gasteiger charge is -2.08. The highest BCUT2D eigenvalue weighted by molar-refractivity contribution is 6.35. The predicted molar refractivity (Wildman–Crippen MR) is 72.0 cm³/mol. The van der Waals surface area contributed by atoms with Crippen molar-refractivity contribution in [2.45, 2.75) is 6.61 Å². The summed E-state index contributed by atoms with van der Waals surface area (Å²) in [5, 5.41) is 9.86. The minimum Gasteiger partial charge on any atom is -0.489 e. The van der Waals surface area contributed by atoms with E-state index in [9.17, 15) is 0 Å². The topological polar surface area (TPSA) is 33.0 Å². The molecule has 0 bridgehead atoms. The molecule has 0 aliphatic carbocycles. The third kappa shape index (κ3) is 3.16. The second-order valence-electron chi connectivity index (χ2n) is 3.66. The zero-order valence-electron chi connectivity index (χ0n) is 9.36. The maximum atomic E-state index is 8.68. The van der Waals surface area contributed by atoms with Crippen LogP contribution < -0.4 is 4.74 Å². The Morgan fingerprint density at radius 3 is 2.39 bits per heavy atom. The standard InChI is InChI=1S/C14H9Cl2NO/c15-12-4-3-11(14(16)7-12)9-18-13-5-1-10(8-17)2-6-13/h1-7H,9H2. The molecule has 0 radical (unpaired) electrons. The largest absolute Gasteiger partial charge is 0.489 e. The predicted octanol–water partition coefficient (Wildman–Crippen LogP) is 4.44. The highest BCUT2D eigenvalue weighted by Gasteiger charge is 2.02. The van der Waals surface area contributed by atoms with Crippen LogP contribution in [0, 0.1) is 11.3 Å². The Morgan fingerprint density at radius 2 is 1.78 bits per heavy atom. The van der Waals surface area contributed by atoms with E-state index in [-0.39, 0.29) is 0 Å². The number of benzene rings is 2. The number of nitrogens with zero attached hydrogens (tertiary/aromatic N) is 1. The molecule has 2 aromatic carbocycles. The van der Waals surface area contributed by atoms with Gasteiger partial charge in [-0.25, -0.2) is 0 Å². The van der Waals surface area contributed by atoms with Gasteiger partial charge >= 0.3 is 0 Å². The van der Waals surface area contributed by atoms with Gasteiger partial charge in [0.25, 0.3) is 0 Å². The Bertz CT molecular complexity index is 588. The first-order valence-corrected chi connectivity index (χ1v) is 6.01. The van der Waals surface area contributed by atoms with E-state index in [4.69, 9.17) is 33.2 Å². The lowest BCUT2D eigenvalue weighted by molar-refractivity contribution is 0.306. The summed E-state index contributed by atoms with van der Waals surface area (Å²) in [5.41, 5.74) is 1.47. The maximum Gasteiger partial charge on any atom is 0.119 e. The van der Waals surface area contributed by atoms with E-state index in [1.165, 1.54) is 0 Å². The molecular formula is C14H9Cl2NO. The van der Waals surface area contributed by atoms with Crippen LogP contribution in [0.25, 0.3) is 0 Å². The maximum absolute atomic E-state index is 8.68. The van der Waals surface area contributed by atoms with Gasteiger partial charge in [-0.15, -0.1) is 0 Å². The van der Waals surface area contributed by atoms with Gasteiger partial charge in [0, 0.05) is 15.6 Å². The lowest BCUT2D eigenvalue weighted by Crippen LogP contribution is -1.96. The molecule has 0 saturated heterocycles. The molecule has 0 aliphatic heterocycles. The van der Waals surface area contributed by atoms with E-state index in [1.807, 2.05) is 6.07 Å². The van der Waals surface area contributed by atoms with Crippen LogP contribution in [-0.2, 0) is 6.61 Å². The molecule has 4 heteroatoms. The Hall–Kier alpha value is -1.69. The quantitative estimate of drug-likeness (QED) is 0.831. The van der Waals surface area contributed by atoms with Crippen molar-refractivity contribution in [1.29, 1.82) is 5.26 Å². The number of ether oxygens (including phenoxy) is 1.